The van der Waals surface area contributed by atoms with Gasteiger partial charge in [-0.15, -0.1) is 0 Å². The summed E-state index contributed by atoms with van der Waals surface area (Å²) in [5.41, 5.74) is 1.14. The molecule has 0 bridgehead atoms. The van der Waals surface area contributed by atoms with Crippen LogP contribution < -0.4 is 0 Å². The highest BCUT2D eigenvalue weighted by Crippen LogP contribution is 2.24. The van der Waals surface area contributed by atoms with Gasteiger partial charge in [0.05, 0.1) is 6.04 Å². The lowest BCUT2D eigenvalue weighted by Crippen LogP contribution is -2.44. The van der Waals surface area contributed by atoms with Crippen molar-refractivity contribution < 1.29 is 14.3 Å². The van der Waals surface area contributed by atoms with E-state index in [9.17, 15) is 9.59 Å². The van der Waals surface area contributed by atoms with Gasteiger partial charge in [-0.05, 0) is 23.3 Å². The smallest absolute Gasteiger partial charge is 0.416 e. The van der Waals surface area contributed by atoms with Crippen molar-refractivity contribution in [1.29, 1.82) is 0 Å². The van der Waals surface area contributed by atoms with Gasteiger partial charge >= 0.3 is 6.09 Å². The van der Waals surface area contributed by atoms with Crippen molar-refractivity contribution in [3.8, 4) is 0 Å². The number of amides is 2. The van der Waals surface area contributed by atoms with E-state index in [1.165, 1.54) is 4.90 Å². The van der Waals surface area contributed by atoms with Crippen molar-refractivity contribution in [2.24, 2.45) is 11.8 Å². The highest BCUT2D eigenvalue weighted by molar-refractivity contribution is 14.1. The first kappa shape index (κ1) is 15.5. The normalized spacial score (nSPS) is 22.3. The molecule has 1 saturated heterocycles. The third kappa shape index (κ3) is 3.46. The van der Waals surface area contributed by atoms with E-state index in [0.29, 0.717) is 13.0 Å². The lowest BCUT2D eigenvalue weighted by Gasteiger charge is -2.25. The van der Waals surface area contributed by atoms with E-state index in [0.717, 1.165) is 5.57 Å². The molecule has 18 heavy (non-hydrogen) atoms. The number of hydrogen-bond donors (Lipinski definition) is 0. The standard InChI is InChI=1S/C13H20INO3/c1-8(2)11-7-18-13(17)15(11)12(16)10(4)5-9(3)6-14/h6,8,10-11H,5,7H2,1-4H3/b9-6+/t10-,11-/m0/s1. The topological polar surface area (TPSA) is 46.6 Å². The maximum Gasteiger partial charge on any atom is 0.416 e. The van der Waals surface area contributed by atoms with Gasteiger partial charge in [-0.1, -0.05) is 48.9 Å². The van der Waals surface area contributed by atoms with Crippen molar-refractivity contribution >= 4 is 34.6 Å². The maximum absolute atomic E-state index is 12.3. The van der Waals surface area contributed by atoms with Gasteiger partial charge in [-0.2, -0.15) is 0 Å². The van der Waals surface area contributed by atoms with E-state index >= 15 is 0 Å². The molecule has 1 aliphatic heterocycles. The predicted octanol–water partition coefficient (Wildman–Crippen LogP) is 3.35. The van der Waals surface area contributed by atoms with E-state index in [1.807, 2.05) is 31.8 Å². The van der Waals surface area contributed by atoms with Gasteiger partial charge in [-0.3, -0.25) is 4.79 Å². The van der Waals surface area contributed by atoms with Crippen LogP contribution in [0.25, 0.3) is 0 Å². The monoisotopic (exact) mass is 365 g/mol. The number of carbonyl (C=O) groups excluding carboxylic acids is 2. The van der Waals surface area contributed by atoms with Gasteiger partial charge in [0.15, 0.2) is 0 Å². The van der Waals surface area contributed by atoms with Gasteiger partial charge in [0.25, 0.3) is 0 Å². The molecule has 0 radical (unpaired) electrons. The molecule has 2 amide bonds. The van der Waals surface area contributed by atoms with E-state index in [2.05, 4.69) is 22.6 Å². The molecule has 0 N–H and O–H groups in total. The number of halogens is 1. The fourth-order valence-corrected chi connectivity index (χ4v) is 2.29. The summed E-state index contributed by atoms with van der Waals surface area (Å²) in [6.45, 7) is 8.14. The number of rotatable bonds is 4. The maximum atomic E-state index is 12.3. The Labute approximate surface area is 122 Å². The second-order valence-electron chi connectivity index (χ2n) is 5.16. The SMILES string of the molecule is C/C(=C\I)C[C@H](C)C(=O)N1C(=O)OC[C@H]1C(C)C. The van der Waals surface area contributed by atoms with Crippen LogP contribution in [-0.2, 0) is 9.53 Å². The molecular formula is C13H20INO3. The van der Waals surface area contributed by atoms with E-state index < -0.39 is 6.09 Å². The number of carbonyl (C=O) groups is 2. The van der Waals surface area contributed by atoms with Crippen LogP contribution in [0.4, 0.5) is 4.79 Å². The zero-order valence-corrected chi connectivity index (χ0v) is 13.4. The van der Waals surface area contributed by atoms with Crippen molar-refractivity contribution in [2.75, 3.05) is 6.61 Å². The molecule has 0 saturated carbocycles. The molecule has 4 nitrogen and oxygen atoms in total. The first-order valence-corrected chi connectivity index (χ1v) is 7.38. The van der Waals surface area contributed by atoms with Crippen LogP contribution in [0.2, 0.25) is 0 Å². The second-order valence-corrected chi connectivity index (χ2v) is 5.78. The van der Waals surface area contributed by atoms with Crippen molar-refractivity contribution in [2.45, 2.75) is 40.2 Å². The average Bonchev–Trinajstić information content (AvgIpc) is 2.69. The number of cyclic esters (lactones) is 1. The minimum atomic E-state index is -0.498. The van der Waals surface area contributed by atoms with Gasteiger partial charge in [0.2, 0.25) is 5.91 Å². The summed E-state index contributed by atoms with van der Waals surface area (Å²) in [5.74, 6) is -0.106. The second kappa shape index (κ2) is 6.54. The Bertz CT molecular complexity index is 365. The number of ether oxygens (including phenoxy) is 1. The minimum absolute atomic E-state index is 0.128. The minimum Gasteiger partial charge on any atom is -0.447 e. The highest BCUT2D eigenvalue weighted by atomic mass is 127. The molecule has 0 unspecified atom stereocenters. The summed E-state index contributed by atoms with van der Waals surface area (Å²) < 4.78 is 6.95. The van der Waals surface area contributed by atoms with Crippen LogP contribution in [0, 0.1) is 11.8 Å². The molecule has 1 fully saturated rings. The summed E-state index contributed by atoms with van der Waals surface area (Å²) in [4.78, 5) is 25.3. The molecule has 0 aromatic rings. The third-order valence-corrected chi connectivity index (χ3v) is 4.21. The van der Waals surface area contributed by atoms with E-state index in [-0.39, 0.29) is 23.8 Å². The van der Waals surface area contributed by atoms with Crippen molar-refractivity contribution in [1.82, 2.24) is 4.90 Å². The van der Waals surface area contributed by atoms with Crippen molar-refractivity contribution in [3.05, 3.63) is 9.66 Å². The summed E-state index contributed by atoms with van der Waals surface area (Å²) in [7, 11) is 0. The van der Waals surface area contributed by atoms with Crippen LogP contribution in [0.5, 0.6) is 0 Å². The first-order valence-electron chi connectivity index (χ1n) is 6.14. The number of imide groups is 1. The van der Waals surface area contributed by atoms with Crippen LogP contribution in [-0.4, -0.2) is 29.5 Å². The average molecular weight is 365 g/mol. The van der Waals surface area contributed by atoms with Crippen LogP contribution in [0.1, 0.15) is 34.1 Å². The summed E-state index contributed by atoms with van der Waals surface area (Å²) in [6.07, 6.45) is 0.178. The lowest BCUT2D eigenvalue weighted by atomic mass is 9.99. The van der Waals surface area contributed by atoms with Gasteiger partial charge in [0.1, 0.15) is 6.61 Å². The molecule has 0 aromatic carbocycles. The van der Waals surface area contributed by atoms with Crippen molar-refractivity contribution in [3.63, 3.8) is 0 Å². The molecule has 5 heteroatoms. The van der Waals surface area contributed by atoms with Gasteiger partial charge in [-0.25, -0.2) is 9.69 Å². The number of nitrogens with zero attached hydrogens (tertiary/aromatic N) is 1. The molecule has 0 aromatic heterocycles. The molecule has 0 spiro atoms. The molecular weight excluding hydrogens is 345 g/mol. The first-order chi connectivity index (χ1) is 8.38. The third-order valence-electron chi connectivity index (χ3n) is 3.15. The molecule has 102 valence electrons. The Morgan fingerprint density at radius 3 is 2.67 bits per heavy atom. The van der Waals surface area contributed by atoms with Crippen LogP contribution >= 0.6 is 22.6 Å². The molecule has 1 rings (SSSR count). The molecule has 1 aliphatic rings. The van der Waals surface area contributed by atoms with E-state index in [1.54, 1.807) is 0 Å². The molecule has 2 atom stereocenters. The highest BCUT2D eigenvalue weighted by Gasteiger charge is 2.40. The summed E-state index contributed by atoms with van der Waals surface area (Å²) >= 11 is 2.16. The molecule has 1 heterocycles. The zero-order valence-electron chi connectivity index (χ0n) is 11.3. The molecule has 0 aliphatic carbocycles. The fraction of sp³-hybridized carbons (Fsp3) is 0.692. The van der Waals surface area contributed by atoms with Crippen LogP contribution in [0.15, 0.2) is 9.66 Å². The summed E-state index contributed by atoms with van der Waals surface area (Å²) in [6, 6.07) is -0.128. The lowest BCUT2D eigenvalue weighted by molar-refractivity contribution is -0.133. The predicted molar refractivity (Wildman–Crippen MR) is 78.4 cm³/mol. The van der Waals surface area contributed by atoms with Gasteiger partial charge < -0.3 is 4.74 Å². The van der Waals surface area contributed by atoms with Crippen LogP contribution in [0.3, 0.4) is 0 Å². The number of hydrogen-bond acceptors (Lipinski definition) is 3. The quantitative estimate of drug-likeness (QED) is 0.718. The Hall–Kier alpha value is -0.590. The summed E-state index contributed by atoms with van der Waals surface area (Å²) in [5, 5.41) is 0. The Morgan fingerprint density at radius 2 is 2.17 bits per heavy atom. The fourth-order valence-electron chi connectivity index (χ4n) is 2.03. The Balaban J connectivity index is 2.78. The Morgan fingerprint density at radius 1 is 1.56 bits per heavy atom. The zero-order chi connectivity index (χ0) is 13.9. The van der Waals surface area contributed by atoms with Gasteiger partial charge in [0, 0.05) is 5.92 Å². The largest absolute Gasteiger partial charge is 0.447 e. The number of allylic oxidation sites excluding steroid dienone is 1. The van der Waals surface area contributed by atoms with E-state index in [4.69, 9.17) is 4.74 Å². The Kier molecular flexibility index (Phi) is 5.62.